The molecule has 2 heterocycles. The molecular formula is C15H23N3O. The number of hydrogen-bond donors (Lipinski definition) is 1. The molecule has 1 unspecified atom stereocenters. The summed E-state index contributed by atoms with van der Waals surface area (Å²) in [6, 6.07) is 2.13. The van der Waals surface area contributed by atoms with Crippen molar-refractivity contribution in [1.29, 1.82) is 0 Å². The van der Waals surface area contributed by atoms with E-state index in [4.69, 9.17) is 9.72 Å². The number of aromatic nitrogens is 2. The zero-order valence-corrected chi connectivity index (χ0v) is 11.7. The number of anilines is 1. The van der Waals surface area contributed by atoms with Gasteiger partial charge in [0.25, 0.3) is 0 Å². The number of hydrogen-bond acceptors (Lipinski definition) is 4. The quantitative estimate of drug-likeness (QED) is 0.855. The van der Waals surface area contributed by atoms with Crippen molar-refractivity contribution in [3.8, 4) is 0 Å². The van der Waals surface area contributed by atoms with Crippen LogP contribution in [-0.2, 0) is 11.2 Å². The maximum atomic E-state index is 5.69. The van der Waals surface area contributed by atoms with Gasteiger partial charge >= 0.3 is 0 Å². The highest BCUT2D eigenvalue weighted by Gasteiger charge is 2.27. The van der Waals surface area contributed by atoms with E-state index in [0.717, 1.165) is 44.1 Å². The van der Waals surface area contributed by atoms with Crippen LogP contribution in [0.4, 0.5) is 5.82 Å². The fourth-order valence-corrected chi connectivity index (χ4v) is 2.55. The van der Waals surface area contributed by atoms with E-state index >= 15 is 0 Å². The number of rotatable bonds is 6. The van der Waals surface area contributed by atoms with Gasteiger partial charge in [-0.2, -0.15) is 0 Å². The molecular weight excluding hydrogens is 238 g/mol. The van der Waals surface area contributed by atoms with Crippen LogP contribution in [0, 0.1) is 0 Å². The highest BCUT2D eigenvalue weighted by Crippen LogP contribution is 2.39. The Labute approximate surface area is 115 Å². The fourth-order valence-electron chi connectivity index (χ4n) is 2.55. The first-order valence-corrected chi connectivity index (χ1v) is 7.58. The van der Waals surface area contributed by atoms with Gasteiger partial charge in [0.15, 0.2) is 0 Å². The van der Waals surface area contributed by atoms with Crippen LogP contribution < -0.4 is 5.32 Å². The fraction of sp³-hybridized carbons (Fsp3) is 0.733. The van der Waals surface area contributed by atoms with Crippen molar-refractivity contribution in [2.24, 2.45) is 0 Å². The Morgan fingerprint density at radius 3 is 2.89 bits per heavy atom. The molecule has 4 heteroatoms. The summed E-state index contributed by atoms with van der Waals surface area (Å²) in [5.41, 5.74) is 1.22. The van der Waals surface area contributed by atoms with Crippen molar-refractivity contribution in [1.82, 2.24) is 9.97 Å². The molecule has 1 aliphatic heterocycles. The van der Waals surface area contributed by atoms with Gasteiger partial charge in [0, 0.05) is 37.3 Å². The Kier molecular flexibility index (Phi) is 3.97. The summed E-state index contributed by atoms with van der Waals surface area (Å²) in [4.78, 5) is 9.38. The highest BCUT2D eigenvalue weighted by molar-refractivity contribution is 5.38. The standard InChI is InChI=1S/C15H23N3O/c1-2-7-16-14-10-13(11-5-6-11)17-15(18-14)9-12-4-3-8-19-12/h10-12H,2-9H2,1H3,(H,16,17,18). The maximum Gasteiger partial charge on any atom is 0.133 e. The number of nitrogens with zero attached hydrogens (tertiary/aromatic N) is 2. The highest BCUT2D eigenvalue weighted by atomic mass is 16.5. The zero-order chi connectivity index (χ0) is 13.1. The van der Waals surface area contributed by atoms with Crippen molar-refractivity contribution in [2.45, 2.75) is 57.5 Å². The van der Waals surface area contributed by atoms with E-state index in [1.165, 1.54) is 25.0 Å². The summed E-state index contributed by atoms with van der Waals surface area (Å²) in [5, 5.41) is 3.39. The van der Waals surface area contributed by atoms with Gasteiger partial charge in [0.05, 0.1) is 6.10 Å². The first kappa shape index (κ1) is 12.9. The molecule has 2 fully saturated rings. The molecule has 0 amide bonds. The molecule has 19 heavy (non-hydrogen) atoms. The molecule has 0 bridgehead atoms. The van der Waals surface area contributed by atoms with Crippen LogP contribution in [0.1, 0.15) is 56.5 Å². The monoisotopic (exact) mass is 261 g/mol. The van der Waals surface area contributed by atoms with Gasteiger partial charge in [-0.05, 0) is 32.1 Å². The van der Waals surface area contributed by atoms with Crippen molar-refractivity contribution < 1.29 is 4.74 Å². The molecule has 1 aliphatic carbocycles. The second kappa shape index (κ2) is 5.87. The second-order valence-corrected chi connectivity index (χ2v) is 5.63. The normalized spacial score (nSPS) is 22.7. The number of nitrogens with one attached hydrogen (secondary N) is 1. The van der Waals surface area contributed by atoms with E-state index < -0.39 is 0 Å². The average Bonchev–Trinajstić information content (AvgIpc) is 3.16. The van der Waals surface area contributed by atoms with Crippen LogP contribution in [0.15, 0.2) is 6.07 Å². The SMILES string of the molecule is CCCNc1cc(C2CC2)nc(CC2CCCO2)n1. The first-order chi connectivity index (χ1) is 9.35. The van der Waals surface area contributed by atoms with Crippen molar-refractivity contribution >= 4 is 5.82 Å². The largest absolute Gasteiger partial charge is 0.378 e. The van der Waals surface area contributed by atoms with Crippen molar-refractivity contribution in [3.05, 3.63) is 17.6 Å². The molecule has 1 aromatic rings. The van der Waals surface area contributed by atoms with Gasteiger partial charge in [0.1, 0.15) is 11.6 Å². The Morgan fingerprint density at radius 1 is 1.32 bits per heavy atom. The Morgan fingerprint density at radius 2 is 2.21 bits per heavy atom. The lowest BCUT2D eigenvalue weighted by Gasteiger charge is -2.12. The van der Waals surface area contributed by atoms with E-state index in [1.54, 1.807) is 0 Å². The minimum Gasteiger partial charge on any atom is -0.378 e. The lowest BCUT2D eigenvalue weighted by atomic mass is 10.1. The minimum atomic E-state index is 0.327. The van der Waals surface area contributed by atoms with E-state index in [1.807, 2.05) is 0 Å². The van der Waals surface area contributed by atoms with Crippen LogP contribution in [0.2, 0.25) is 0 Å². The summed E-state index contributed by atoms with van der Waals surface area (Å²) < 4.78 is 5.69. The summed E-state index contributed by atoms with van der Waals surface area (Å²) in [5.74, 6) is 2.62. The smallest absolute Gasteiger partial charge is 0.133 e. The molecule has 1 saturated heterocycles. The maximum absolute atomic E-state index is 5.69. The summed E-state index contributed by atoms with van der Waals surface area (Å²) in [6.45, 7) is 4.04. The van der Waals surface area contributed by atoms with E-state index in [-0.39, 0.29) is 0 Å². The molecule has 1 atom stereocenters. The predicted octanol–water partition coefficient (Wildman–Crippen LogP) is 2.90. The Hall–Kier alpha value is -1.16. The molecule has 104 valence electrons. The van der Waals surface area contributed by atoms with Crippen LogP contribution >= 0.6 is 0 Å². The topological polar surface area (TPSA) is 47.0 Å². The van der Waals surface area contributed by atoms with Gasteiger partial charge in [-0.3, -0.25) is 0 Å². The Bertz CT molecular complexity index is 425. The molecule has 1 aromatic heterocycles. The van der Waals surface area contributed by atoms with Crippen molar-refractivity contribution in [3.63, 3.8) is 0 Å². The lowest BCUT2D eigenvalue weighted by molar-refractivity contribution is 0.110. The molecule has 0 radical (unpaired) electrons. The van der Waals surface area contributed by atoms with Gasteiger partial charge < -0.3 is 10.1 Å². The van der Waals surface area contributed by atoms with Gasteiger partial charge in [-0.1, -0.05) is 6.92 Å². The summed E-state index contributed by atoms with van der Waals surface area (Å²) in [7, 11) is 0. The van der Waals surface area contributed by atoms with Gasteiger partial charge in [0.2, 0.25) is 0 Å². The van der Waals surface area contributed by atoms with E-state index in [9.17, 15) is 0 Å². The molecule has 1 N–H and O–H groups in total. The lowest BCUT2D eigenvalue weighted by Crippen LogP contribution is -2.14. The predicted molar refractivity (Wildman–Crippen MR) is 75.5 cm³/mol. The zero-order valence-electron chi connectivity index (χ0n) is 11.7. The Balaban J connectivity index is 1.74. The first-order valence-electron chi connectivity index (χ1n) is 7.58. The molecule has 0 aromatic carbocycles. The molecule has 2 aliphatic rings. The molecule has 1 saturated carbocycles. The van der Waals surface area contributed by atoms with Gasteiger partial charge in [-0.15, -0.1) is 0 Å². The number of ether oxygens (including phenoxy) is 1. The van der Waals surface area contributed by atoms with Crippen LogP contribution in [0.3, 0.4) is 0 Å². The summed E-state index contributed by atoms with van der Waals surface area (Å²) in [6.07, 6.45) is 7.19. The molecule has 3 rings (SSSR count). The van der Waals surface area contributed by atoms with Crippen molar-refractivity contribution in [2.75, 3.05) is 18.5 Å². The van der Waals surface area contributed by atoms with Crippen LogP contribution in [0.25, 0.3) is 0 Å². The average molecular weight is 261 g/mol. The minimum absolute atomic E-state index is 0.327. The van der Waals surface area contributed by atoms with Crippen LogP contribution in [0.5, 0.6) is 0 Å². The third-order valence-electron chi connectivity index (χ3n) is 3.78. The third kappa shape index (κ3) is 3.44. The van der Waals surface area contributed by atoms with Gasteiger partial charge in [-0.25, -0.2) is 9.97 Å². The molecule has 4 nitrogen and oxygen atoms in total. The third-order valence-corrected chi connectivity index (χ3v) is 3.78. The van der Waals surface area contributed by atoms with E-state index in [2.05, 4.69) is 23.3 Å². The molecule has 0 spiro atoms. The summed E-state index contributed by atoms with van der Waals surface area (Å²) >= 11 is 0. The van der Waals surface area contributed by atoms with Crippen LogP contribution in [-0.4, -0.2) is 29.2 Å². The second-order valence-electron chi connectivity index (χ2n) is 5.63. The van der Waals surface area contributed by atoms with E-state index in [0.29, 0.717) is 12.0 Å².